The predicted octanol–water partition coefficient (Wildman–Crippen LogP) is 1.17. The van der Waals surface area contributed by atoms with E-state index in [0.717, 1.165) is 16.5 Å². The van der Waals surface area contributed by atoms with E-state index >= 15 is 0 Å². The Kier molecular flexibility index (Phi) is 2.15. The first-order valence-corrected chi connectivity index (χ1v) is 5.21. The minimum absolute atomic E-state index is 0.238. The number of nitrogens with one attached hydrogen (secondary N) is 3. The number of carbonyl (C=O) groups excluding carboxylic acids is 1. The van der Waals surface area contributed by atoms with Crippen molar-refractivity contribution in [2.75, 3.05) is 0 Å². The van der Waals surface area contributed by atoms with Crippen LogP contribution in [0.15, 0.2) is 41.2 Å². The fraction of sp³-hybridized carbons (Fsp3) is 0. The Hall–Kier alpha value is -2.56. The van der Waals surface area contributed by atoms with Gasteiger partial charge in [0, 0.05) is 22.7 Å². The monoisotopic (exact) mass is 226 g/mol. The van der Waals surface area contributed by atoms with Crippen LogP contribution in [0.2, 0.25) is 0 Å². The molecule has 84 valence electrons. The van der Waals surface area contributed by atoms with Crippen molar-refractivity contribution in [3.8, 4) is 0 Å². The van der Waals surface area contributed by atoms with Gasteiger partial charge in [-0.15, -0.1) is 0 Å². The molecule has 1 aromatic carbocycles. The summed E-state index contributed by atoms with van der Waals surface area (Å²) < 4.78 is 0. The topological polar surface area (TPSA) is 69.3 Å². The maximum Gasteiger partial charge on any atom is 0.288 e. The van der Waals surface area contributed by atoms with Crippen molar-refractivity contribution >= 4 is 29.2 Å². The average molecular weight is 226 g/mol. The largest absolute Gasteiger partial charge is 0.361 e. The number of hydrazine groups is 1. The Balaban J connectivity index is 2.10. The molecular formula is C12H10N4O. The van der Waals surface area contributed by atoms with Gasteiger partial charge in [0.1, 0.15) is 12.0 Å². The lowest BCUT2D eigenvalue weighted by molar-refractivity contribution is -0.118. The fourth-order valence-electron chi connectivity index (χ4n) is 1.79. The Morgan fingerprint density at radius 1 is 1.24 bits per heavy atom. The quantitative estimate of drug-likeness (QED) is 0.639. The van der Waals surface area contributed by atoms with Gasteiger partial charge in [-0.3, -0.25) is 15.6 Å². The highest BCUT2D eigenvalue weighted by Crippen LogP contribution is 2.20. The summed E-state index contributed by atoms with van der Waals surface area (Å²) in [5.41, 5.74) is 7.39. The SMILES string of the molecule is O=C1NNC=N/C1=C\c1c[nH]c2ccccc12. The molecule has 5 heteroatoms. The number of fused-ring (bicyclic) bond motifs is 1. The van der Waals surface area contributed by atoms with Gasteiger partial charge >= 0.3 is 0 Å². The van der Waals surface area contributed by atoms with Gasteiger partial charge in [-0.05, 0) is 12.1 Å². The van der Waals surface area contributed by atoms with E-state index in [1.807, 2.05) is 30.5 Å². The number of carbonyl (C=O) groups is 1. The van der Waals surface area contributed by atoms with Crippen LogP contribution in [0.4, 0.5) is 0 Å². The molecule has 0 saturated carbocycles. The number of para-hydroxylation sites is 1. The Labute approximate surface area is 97.2 Å². The van der Waals surface area contributed by atoms with E-state index in [1.165, 1.54) is 6.34 Å². The van der Waals surface area contributed by atoms with E-state index in [-0.39, 0.29) is 5.91 Å². The van der Waals surface area contributed by atoms with Crippen molar-refractivity contribution in [2.45, 2.75) is 0 Å². The summed E-state index contributed by atoms with van der Waals surface area (Å²) in [6.07, 6.45) is 5.07. The number of rotatable bonds is 1. The summed E-state index contributed by atoms with van der Waals surface area (Å²) in [4.78, 5) is 18.6. The van der Waals surface area contributed by atoms with E-state index in [9.17, 15) is 4.79 Å². The highest BCUT2D eigenvalue weighted by Gasteiger charge is 2.11. The third-order valence-electron chi connectivity index (χ3n) is 2.60. The normalized spacial score (nSPS) is 17.2. The van der Waals surface area contributed by atoms with Gasteiger partial charge in [0.25, 0.3) is 5.91 Å². The third kappa shape index (κ3) is 1.67. The molecule has 0 fully saturated rings. The zero-order valence-electron chi connectivity index (χ0n) is 8.90. The van der Waals surface area contributed by atoms with Gasteiger partial charge in [0.15, 0.2) is 0 Å². The summed E-state index contributed by atoms with van der Waals surface area (Å²) >= 11 is 0. The molecule has 17 heavy (non-hydrogen) atoms. The molecule has 0 spiro atoms. The van der Waals surface area contributed by atoms with E-state index in [0.29, 0.717) is 5.70 Å². The third-order valence-corrected chi connectivity index (χ3v) is 2.60. The first kappa shape index (κ1) is 9.65. The summed E-state index contributed by atoms with van der Waals surface area (Å²) in [6, 6.07) is 7.92. The Morgan fingerprint density at radius 2 is 2.12 bits per heavy atom. The molecule has 1 amide bonds. The number of aliphatic imine (C=N–C) groups is 1. The summed E-state index contributed by atoms with van der Waals surface area (Å²) in [5.74, 6) is -0.238. The highest BCUT2D eigenvalue weighted by molar-refractivity contribution is 6.02. The Bertz CT molecular complexity index is 639. The van der Waals surface area contributed by atoms with Crippen LogP contribution in [0.1, 0.15) is 5.56 Å². The van der Waals surface area contributed by atoms with E-state index in [2.05, 4.69) is 20.8 Å². The van der Waals surface area contributed by atoms with Crippen LogP contribution >= 0.6 is 0 Å². The molecule has 3 N–H and O–H groups in total. The highest BCUT2D eigenvalue weighted by atomic mass is 16.2. The van der Waals surface area contributed by atoms with Gasteiger partial charge < -0.3 is 4.98 Å². The number of aromatic amines is 1. The second-order valence-electron chi connectivity index (χ2n) is 3.68. The molecule has 5 nitrogen and oxygen atoms in total. The van der Waals surface area contributed by atoms with Crippen LogP contribution in [0.25, 0.3) is 17.0 Å². The van der Waals surface area contributed by atoms with Gasteiger partial charge in [-0.1, -0.05) is 18.2 Å². The van der Waals surface area contributed by atoms with Gasteiger partial charge in [0.2, 0.25) is 0 Å². The van der Waals surface area contributed by atoms with Crippen LogP contribution in [-0.4, -0.2) is 17.2 Å². The lowest BCUT2D eigenvalue weighted by Gasteiger charge is -2.09. The number of benzene rings is 1. The number of hydrogen-bond donors (Lipinski definition) is 3. The lowest BCUT2D eigenvalue weighted by Crippen LogP contribution is -2.40. The van der Waals surface area contributed by atoms with Gasteiger partial charge in [0.05, 0.1) is 0 Å². The smallest absolute Gasteiger partial charge is 0.288 e. The molecule has 1 aromatic heterocycles. The van der Waals surface area contributed by atoms with Crippen LogP contribution in [0.3, 0.4) is 0 Å². The van der Waals surface area contributed by atoms with Crippen LogP contribution < -0.4 is 10.9 Å². The zero-order valence-corrected chi connectivity index (χ0v) is 8.90. The molecule has 0 saturated heterocycles. The van der Waals surface area contributed by atoms with Crippen LogP contribution in [0.5, 0.6) is 0 Å². The summed E-state index contributed by atoms with van der Waals surface area (Å²) in [5, 5.41) is 1.07. The van der Waals surface area contributed by atoms with Crippen molar-refractivity contribution in [3.63, 3.8) is 0 Å². The number of hydrogen-bond acceptors (Lipinski definition) is 3. The standard InChI is InChI=1S/C12H10N4O/c17-12-11(14-7-15-16-12)5-8-6-13-10-4-2-1-3-9(8)10/h1-7,13H,(H,14,15)(H,16,17)/b11-5-. The predicted molar refractivity (Wildman–Crippen MR) is 66.0 cm³/mol. The van der Waals surface area contributed by atoms with Crippen molar-refractivity contribution in [1.82, 2.24) is 15.8 Å². The molecule has 1 aliphatic heterocycles. The summed E-state index contributed by atoms with van der Waals surface area (Å²) in [7, 11) is 0. The number of nitrogens with zero attached hydrogens (tertiary/aromatic N) is 1. The molecular weight excluding hydrogens is 216 g/mol. The molecule has 0 unspecified atom stereocenters. The molecule has 0 aliphatic carbocycles. The van der Waals surface area contributed by atoms with Crippen molar-refractivity contribution < 1.29 is 4.79 Å². The molecule has 0 bridgehead atoms. The zero-order chi connectivity index (χ0) is 11.7. The maximum absolute atomic E-state index is 11.5. The fourth-order valence-corrected chi connectivity index (χ4v) is 1.79. The number of H-pyrrole nitrogens is 1. The van der Waals surface area contributed by atoms with Crippen molar-refractivity contribution in [3.05, 3.63) is 41.7 Å². The molecule has 0 radical (unpaired) electrons. The molecule has 3 rings (SSSR count). The first-order chi connectivity index (χ1) is 8.34. The second kappa shape index (κ2) is 3.79. The maximum atomic E-state index is 11.5. The van der Waals surface area contributed by atoms with Crippen molar-refractivity contribution in [1.29, 1.82) is 0 Å². The van der Waals surface area contributed by atoms with Gasteiger partial charge in [-0.25, -0.2) is 4.99 Å². The molecule has 2 aromatic rings. The summed E-state index contributed by atoms with van der Waals surface area (Å²) in [6.45, 7) is 0. The molecule has 0 atom stereocenters. The van der Waals surface area contributed by atoms with E-state index < -0.39 is 0 Å². The van der Waals surface area contributed by atoms with Crippen molar-refractivity contribution in [2.24, 2.45) is 4.99 Å². The minimum atomic E-state index is -0.238. The van der Waals surface area contributed by atoms with Crippen LogP contribution in [-0.2, 0) is 4.79 Å². The first-order valence-electron chi connectivity index (χ1n) is 5.21. The molecule has 1 aliphatic rings. The number of amides is 1. The molecule has 2 heterocycles. The number of aromatic nitrogens is 1. The Morgan fingerprint density at radius 3 is 3.00 bits per heavy atom. The lowest BCUT2D eigenvalue weighted by atomic mass is 10.1. The second-order valence-corrected chi connectivity index (χ2v) is 3.68. The minimum Gasteiger partial charge on any atom is -0.361 e. The van der Waals surface area contributed by atoms with E-state index in [1.54, 1.807) is 6.08 Å². The average Bonchev–Trinajstić information content (AvgIpc) is 2.76. The van der Waals surface area contributed by atoms with Crippen LogP contribution in [0, 0.1) is 0 Å². The van der Waals surface area contributed by atoms with Gasteiger partial charge in [-0.2, -0.15) is 0 Å². The van der Waals surface area contributed by atoms with E-state index in [4.69, 9.17) is 0 Å².